The zero-order valence-electron chi connectivity index (χ0n) is 11.0. The average molecular weight is 298 g/mol. The lowest BCUT2D eigenvalue weighted by molar-refractivity contribution is 0.102. The first-order valence-electron chi connectivity index (χ1n) is 6.35. The summed E-state index contributed by atoms with van der Waals surface area (Å²) < 4.78 is 0. The van der Waals surface area contributed by atoms with Crippen LogP contribution < -0.4 is 11.1 Å². The first-order valence-corrected chi connectivity index (χ1v) is 6.73. The highest BCUT2D eigenvalue weighted by Gasteiger charge is 2.12. The maximum atomic E-state index is 12.5. The van der Waals surface area contributed by atoms with Gasteiger partial charge in [-0.25, -0.2) is 0 Å². The third kappa shape index (κ3) is 2.66. The quantitative estimate of drug-likeness (QED) is 0.708. The zero-order valence-corrected chi connectivity index (χ0v) is 11.8. The first kappa shape index (κ1) is 13.4. The Hall–Kier alpha value is -2.59. The van der Waals surface area contributed by atoms with Crippen LogP contribution in [0.25, 0.3) is 10.9 Å². The molecule has 0 radical (unpaired) electrons. The summed E-state index contributed by atoms with van der Waals surface area (Å²) in [6.45, 7) is 0. The highest BCUT2D eigenvalue weighted by atomic mass is 35.5. The fourth-order valence-corrected chi connectivity index (χ4v) is 2.29. The summed E-state index contributed by atoms with van der Waals surface area (Å²) in [6, 6.07) is 14.0. The van der Waals surface area contributed by atoms with Crippen molar-refractivity contribution in [2.45, 2.75) is 0 Å². The van der Waals surface area contributed by atoms with Gasteiger partial charge in [-0.15, -0.1) is 0 Å². The van der Waals surface area contributed by atoms with Gasteiger partial charge in [0.2, 0.25) is 0 Å². The van der Waals surface area contributed by atoms with Gasteiger partial charge >= 0.3 is 0 Å². The number of rotatable bonds is 2. The summed E-state index contributed by atoms with van der Waals surface area (Å²) in [4.78, 5) is 16.7. The molecular formula is C16H12ClN3O. The number of nitrogens with one attached hydrogen (secondary N) is 1. The number of benzene rings is 2. The number of pyridine rings is 1. The minimum Gasteiger partial charge on any atom is -0.399 e. The van der Waals surface area contributed by atoms with Crippen molar-refractivity contribution in [2.24, 2.45) is 0 Å². The van der Waals surface area contributed by atoms with E-state index in [1.54, 1.807) is 42.6 Å². The van der Waals surface area contributed by atoms with E-state index < -0.39 is 0 Å². The molecule has 0 fully saturated rings. The van der Waals surface area contributed by atoms with Crippen LogP contribution in [0.5, 0.6) is 0 Å². The van der Waals surface area contributed by atoms with Gasteiger partial charge in [0.25, 0.3) is 5.91 Å². The second-order valence-corrected chi connectivity index (χ2v) is 4.98. The largest absolute Gasteiger partial charge is 0.399 e. The van der Waals surface area contributed by atoms with Gasteiger partial charge < -0.3 is 11.1 Å². The molecule has 0 aliphatic carbocycles. The second-order valence-electron chi connectivity index (χ2n) is 4.57. The molecule has 0 saturated heterocycles. The molecule has 21 heavy (non-hydrogen) atoms. The van der Waals surface area contributed by atoms with Crippen molar-refractivity contribution in [1.82, 2.24) is 4.98 Å². The SMILES string of the molecule is Nc1ccc(Cl)c(NC(=O)c2cccc3ncccc23)c1. The molecule has 0 spiro atoms. The molecule has 5 heteroatoms. The van der Waals surface area contributed by atoms with Crippen LogP contribution in [0.4, 0.5) is 11.4 Å². The van der Waals surface area contributed by atoms with Crippen LogP contribution in [0.2, 0.25) is 5.02 Å². The Morgan fingerprint density at radius 3 is 2.86 bits per heavy atom. The van der Waals surface area contributed by atoms with Gasteiger partial charge in [0.1, 0.15) is 0 Å². The smallest absolute Gasteiger partial charge is 0.256 e. The van der Waals surface area contributed by atoms with Crippen molar-refractivity contribution in [3.8, 4) is 0 Å². The Labute approximate surface area is 126 Å². The van der Waals surface area contributed by atoms with Crippen LogP contribution in [0.3, 0.4) is 0 Å². The lowest BCUT2D eigenvalue weighted by Gasteiger charge is -2.09. The normalized spacial score (nSPS) is 10.5. The Kier molecular flexibility index (Phi) is 3.46. The number of nitrogen functional groups attached to an aromatic ring is 1. The van der Waals surface area contributed by atoms with E-state index in [-0.39, 0.29) is 5.91 Å². The number of aromatic nitrogens is 1. The molecule has 3 N–H and O–H groups in total. The molecule has 104 valence electrons. The van der Waals surface area contributed by atoms with E-state index in [0.29, 0.717) is 22.0 Å². The molecule has 4 nitrogen and oxygen atoms in total. The number of amides is 1. The molecule has 0 aliphatic rings. The molecule has 3 rings (SSSR count). The average Bonchev–Trinajstić information content (AvgIpc) is 2.50. The van der Waals surface area contributed by atoms with Gasteiger partial charge in [0, 0.05) is 22.8 Å². The summed E-state index contributed by atoms with van der Waals surface area (Å²) in [6.07, 6.45) is 1.69. The third-order valence-electron chi connectivity index (χ3n) is 3.13. The number of hydrogen-bond donors (Lipinski definition) is 2. The second kappa shape index (κ2) is 5.42. The number of carbonyl (C=O) groups is 1. The predicted octanol–water partition coefficient (Wildman–Crippen LogP) is 3.72. The van der Waals surface area contributed by atoms with E-state index in [2.05, 4.69) is 10.3 Å². The van der Waals surface area contributed by atoms with Gasteiger partial charge in [0.15, 0.2) is 0 Å². The fraction of sp³-hybridized carbons (Fsp3) is 0. The summed E-state index contributed by atoms with van der Waals surface area (Å²) in [5.41, 5.74) is 8.05. The third-order valence-corrected chi connectivity index (χ3v) is 3.46. The number of nitrogens with two attached hydrogens (primary N) is 1. The lowest BCUT2D eigenvalue weighted by Crippen LogP contribution is -2.13. The van der Waals surface area contributed by atoms with Crippen LogP contribution in [0.15, 0.2) is 54.7 Å². The Morgan fingerprint density at radius 2 is 2.00 bits per heavy atom. The van der Waals surface area contributed by atoms with Crippen molar-refractivity contribution >= 4 is 39.8 Å². The minimum atomic E-state index is -0.249. The molecule has 0 atom stereocenters. The van der Waals surface area contributed by atoms with Gasteiger partial charge in [-0.2, -0.15) is 0 Å². The first-order chi connectivity index (χ1) is 10.1. The van der Waals surface area contributed by atoms with Crippen LogP contribution in [0.1, 0.15) is 10.4 Å². The minimum absolute atomic E-state index is 0.249. The predicted molar refractivity (Wildman–Crippen MR) is 85.6 cm³/mol. The molecule has 2 aromatic carbocycles. The molecule has 1 aromatic heterocycles. The molecule has 0 unspecified atom stereocenters. The van der Waals surface area contributed by atoms with E-state index >= 15 is 0 Å². The van der Waals surface area contributed by atoms with Gasteiger partial charge in [0.05, 0.1) is 16.2 Å². The number of fused-ring (bicyclic) bond motifs is 1. The number of nitrogens with zero attached hydrogens (tertiary/aromatic N) is 1. The van der Waals surface area contributed by atoms with Crippen molar-refractivity contribution < 1.29 is 4.79 Å². The topological polar surface area (TPSA) is 68.0 Å². The number of hydrogen-bond acceptors (Lipinski definition) is 3. The van der Waals surface area contributed by atoms with Crippen LogP contribution in [0, 0.1) is 0 Å². The molecule has 0 aliphatic heterocycles. The zero-order chi connectivity index (χ0) is 14.8. The number of carbonyl (C=O) groups excluding carboxylic acids is 1. The van der Waals surface area contributed by atoms with Gasteiger partial charge in [-0.05, 0) is 36.4 Å². The standard InChI is InChI=1S/C16H12ClN3O/c17-13-7-6-10(18)9-15(13)20-16(21)12-3-1-5-14-11(12)4-2-8-19-14/h1-9H,18H2,(H,20,21). The van der Waals surface area contributed by atoms with Crippen molar-refractivity contribution in [2.75, 3.05) is 11.1 Å². The lowest BCUT2D eigenvalue weighted by atomic mass is 10.1. The van der Waals surface area contributed by atoms with E-state index in [0.717, 1.165) is 10.9 Å². The molecule has 1 amide bonds. The summed E-state index contributed by atoms with van der Waals surface area (Å²) >= 11 is 6.06. The van der Waals surface area contributed by atoms with Crippen molar-refractivity contribution in [1.29, 1.82) is 0 Å². The summed E-state index contributed by atoms with van der Waals surface area (Å²) in [7, 11) is 0. The van der Waals surface area contributed by atoms with Crippen molar-refractivity contribution in [3.63, 3.8) is 0 Å². The fourth-order valence-electron chi connectivity index (χ4n) is 2.13. The van der Waals surface area contributed by atoms with E-state index in [1.807, 2.05) is 12.1 Å². The number of halogens is 1. The molecular weight excluding hydrogens is 286 g/mol. The molecule has 0 saturated carbocycles. The highest BCUT2D eigenvalue weighted by molar-refractivity contribution is 6.34. The van der Waals surface area contributed by atoms with Crippen LogP contribution in [-0.2, 0) is 0 Å². The van der Waals surface area contributed by atoms with Gasteiger partial charge in [-0.3, -0.25) is 9.78 Å². The van der Waals surface area contributed by atoms with Gasteiger partial charge in [-0.1, -0.05) is 23.7 Å². The highest BCUT2D eigenvalue weighted by Crippen LogP contribution is 2.25. The van der Waals surface area contributed by atoms with Crippen molar-refractivity contribution in [3.05, 3.63) is 65.3 Å². The van der Waals surface area contributed by atoms with E-state index in [4.69, 9.17) is 17.3 Å². The summed E-state index contributed by atoms with van der Waals surface area (Å²) in [5, 5.41) is 4.01. The Morgan fingerprint density at radius 1 is 1.14 bits per heavy atom. The monoisotopic (exact) mass is 297 g/mol. The Bertz CT molecular complexity index is 827. The number of anilines is 2. The Balaban J connectivity index is 1.99. The summed E-state index contributed by atoms with van der Waals surface area (Å²) in [5.74, 6) is -0.249. The maximum Gasteiger partial charge on any atom is 0.256 e. The molecule has 1 heterocycles. The molecule has 0 bridgehead atoms. The van der Waals surface area contributed by atoms with E-state index in [9.17, 15) is 4.79 Å². The molecule has 3 aromatic rings. The van der Waals surface area contributed by atoms with E-state index in [1.165, 1.54) is 0 Å². The maximum absolute atomic E-state index is 12.5. The van der Waals surface area contributed by atoms with Crippen LogP contribution in [-0.4, -0.2) is 10.9 Å². The van der Waals surface area contributed by atoms with Crippen LogP contribution >= 0.6 is 11.6 Å².